The Kier molecular flexibility index (Phi) is 6.65. The van der Waals surface area contributed by atoms with Gasteiger partial charge in [0.05, 0.1) is 16.2 Å². The molecule has 0 aromatic heterocycles. The second-order valence-corrected chi connectivity index (χ2v) is 7.70. The van der Waals surface area contributed by atoms with Crippen LogP contribution in [0.1, 0.15) is 19.4 Å². The van der Waals surface area contributed by atoms with Crippen LogP contribution in [0.25, 0.3) is 0 Å². The predicted molar refractivity (Wildman–Crippen MR) is 102 cm³/mol. The van der Waals surface area contributed by atoms with Crippen molar-refractivity contribution < 1.29 is 18.1 Å². The third kappa shape index (κ3) is 5.11. The quantitative estimate of drug-likeness (QED) is 0.550. The highest BCUT2D eigenvalue weighted by molar-refractivity contribution is 7.89. The lowest BCUT2D eigenvalue weighted by Gasteiger charge is -2.18. The van der Waals surface area contributed by atoms with Crippen molar-refractivity contribution in [2.45, 2.75) is 25.2 Å². The Hall–Kier alpha value is -2.78. The van der Waals surface area contributed by atoms with Crippen LogP contribution in [0.2, 0.25) is 0 Å². The summed E-state index contributed by atoms with van der Waals surface area (Å²) in [4.78, 5) is 22.4. The molecule has 2 aromatic carbocycles. The Labute approximate surface area is 158 Å². The molecule has 2 rings (SSSR count). The number of sulfonamides is 1. The van der Waals surface area contributed by atoms with E-state index in [-0.39, 0.29) is 22.9 Å². The van der Waals surface area contributed by atoms with E-state index in [4.69, 9.17) is 0 Å². The molecule has 0 saturated heterocycles. The lowest BCUT2D eigenvalue weighted by Crippen LogP contribution is -2.30. The number of nitro groups is 1. The van der Waals surface area contributed by atoms with E-state index in [9.17, 15) is 23.3 Å². The van der Waals surface area contributed by atoms with Gasteiger partial charge in [0.15, 0.2) is 0 Å². The first-order chi connectivity index (χ1) is 12.8. The molecular weight excluding hydrogens is 370 g/mol. The van der Waals surface area contributed by atoms with Gasteiger partial charge >= 0.3 is 0 Å². The standard InChI is InChI=1S/C18H21N3O5S/c1-3-20(4-2)27(25,26)17-11-7-15(8-12-17)19-18(22)13-14-5-9-16(10-6-14)21(23)24/h5-12H,3-4,13H2,1-2H3,(H,19,22). The van der Waals surface area contributed by atoms with Gasteiger partial charge in [-0.2, -0.15) is 4.31 Å². The number of anilines is 1. The minimum Gasteiger partial charge on any atom is -0.326 e. The Balaban J connectivity index is 2.03. The molecule has 1 N–H and O–H groups in total. The molecule has 0 spiro atoms. The maximum atomic E-state index is 12.4. The Morgan fingerprint density at radius 1 is 1.04 bits per heavy atom. The molecule has 0 aliphatic heterocycles. The maximum absolute atomic E-state index is 12.4. The van der Waals surface area contributed by atoms with Crippen molar-refractivity contribution >= 4 is 27.3 Å². The van der Waals surface area contributed by atoms with Gasteiger partial charge in [-0.05, 0) is 29.8 Å². The van der Waals surface area contributed by atoms with E-state index >= 15 is 0 Å². The fourth-order valence-electron chi connectivity index (χ4n) is 2.55. The van der Waals surface area contributed by atoms with E-state index in [1.54, 1.807) is 13.8 Å². The highest BCUT2D eigenvalue weighted by atomic mass is 32.2. The average molecular weight is 391 g/mol. The van der Waals surface area contributed by atoms with Crippen LogP contribution in [0.15, 0.2) is 53.4 Å². The molecule has 8 nitrogen and oxygen atoms in total. The molecule has 0 fully saturated rings. The van der Waals surface area contributed by atoms with Crippen LogP contribution >= 0.6 is 0 Å². The zero-order valence-electron chi connectivity index (χ0n) is 15.1. The second-order valence-electron chi connectivity index (χ2n) is 5.76. The minimum atomic E-state index is -3.54. The first-order valence-corrected chi connectivity index (χ1v) is 9.85. The predicted octanol–water partition coefficient (Wildman–Crippen LogP) is 2.81. The number of rotatable bonds is 8. The van der Waals surface area contributed by atoms with E-state index in [0.717, 1.165) is 0 Å². The summed E-state index contributed by atoms with van der Waals surface area (Å²) >= 11 is 0. The number of carbonyl (C=O) groups is 1. The molecule has 0 radical (unpaired) electrons. The molecule has 0 atom stereocenters. The molecule has 2 aromatic rings. The van der Waals surface area contributed by atoms with E-state index in [0.29, 0.717) is 24.3 Å². The van der Waals surface area contributed by atoms with E-state index in [1.807, 2.05) is 0 Å². The first kappa shape index (κ1) is 20.5. The van der Waals surface area contributed by atoms with Gasteiger partial charge < -0.3 is 5.32 Å². The largest absolute Gasteiger partial charge is 0.326 e. The summed E-state index contributed by atoms with van der Waals surface area (Å²) < 4.78 is 26.2. The highest BCUT2D eigenvalue weighted by Gasteiger charge is 2.21. The average Bonchev–Trinajstić information content (AvgIpc) is 2.63. The third-order valence-corrected chi connectivity index (χ3v) is 6.06. The number of benzene rings is 2. The number of hydrogen-bond donors (Lipinski definition) is 1. The fraction of sp³-hybridized carbons (Fsp3) is 0.278. The summed E-state index contributed by atoms with van der Waals surface area (Å²) in [5.41, 5.74) is 1.07. The van der Waals surface area contributed by atoms with Crippen molar-refractivity contribution in [3.05, 3.63) is 64.2 Å². The number of carbonyl (C=O) groups excluding carboxylic acids is 1. The number of nitrogens with one attached hydrogen (secondary N) is 1. The van der Waals surface area contributed by atoms with E-state index in [1.165, 1.54) is 52.8 Å². The molecule has 1 amide bonds. The zero-order chi connectivity index (χ0) is 20.0. The number of amides is 1. The van der Waals surface area contributed by atoms with Gasteiger partial charge in [0.2, 0.25) is 15.9 Å². The van der Waals surface area contributed by atoms with Crippen LogP contribution in [0.5, 0.6) is 0 Å². The molecule has 0 aliphatic rings. The van der Waals surface area contributed by atoms with Gasteiger partial charge in [-0.15, -0.1) is 0 Å². The third-order valence-electron chi connectivity index (χ3n) is 3.99. The summed E-state index contributed by atoms with van der Waals surface area (Å²) in [5, 5.41) is 13.3. The van der Waals surface area contributed by atoms with Crippen molar-refractivity contribution in [1.29, 1.82) is 0 Å². The second kappa shape index (κ2) is 8.74. The van der Waals surface area contributed by atoms with Gasteiger partial charge in [-0.25, -0.2) is 8.42 Å². The normalized spacial score (nSPS) is 11.4. The lowest BCUT2D eigenvalue weighted by molar-refractivity contribution is -0.384. The molecule has 0 heterocycles. The van der Waals surface area contributed by atoms with Gasteiger partial charge in [-0.1, -0.05) is 26.0 Å². The minimum absolute atomic E-state index is 0.0378. The molecule has 9 heteroatoms. The number of nitro benzene ring substituents is 1. The number of nitrogens with zero attached hydrogens (tertiary/aromatic N) is 2. The zero-order valence-corrected chi connectivity index (χ0v) is 15.9. The van der Waals surface area contributed by atoms with Gasteiger partial charge in [0.1, 0.15) is 0 Å². The van der Waals surface area contributed by atoms with Crippen LogP contribution < -0.4 is 5.32 Å². The van der Waals surface area contributed by atoms with Gasteiger partial charge in [0.25, 0.3) is 5.69 Å². The monoisotopic (exact) mass is 391 g/mol. The summed E-state index contributed by atoms with van der Waals surface area (Å²) in [6.07, 6.45) is 0.0531. The SMILES string of the molecule is CCN(CC)S(=O)(=O)c1ccc(NC(=O)Cc2ccc([N+](=O)[O-])cc2)cc1. The summed E-state index contributed by atoms with van der Waals surface area (Å²) in [5.74, 6) is -0.303. The molecule has 0 aliphatic carbocycles. The molecule has 0 unspecified atom stereocenters. The molecule has 0 saturated carbocycles. The Bertz CT molecular complexity index is 905. The van der Waals surface area contributed by atoms with Gasteiger partial charge in [-0.3, -0.25) is 14.9 Å². The van der Waals surface area contributed by atoms with Crippen molar-refractivity contribution in [3.63, 3.8) is 0 Å². The summed E-state index contributed by atoms with van der Waals surface area (Å²) in [6.45, 7) is 4.31. The summed E-state index contributed by atoms with van der Waals surface area (Å²) in [7, 11) is -3.54. The Morgan fingerprint density at radius 2 is 1.59 bits per heavy atom. The molecule has 0 bridgehead atoms. The van der Waals surface area contributed by atoms with Crippen molar-refractivity contribution in [1.82, 2.24) is 4.31 Å². The van der Waals surface area contributed by atoms with Crippen LogP contribution in [-0.4, -0.2) is 36.6 Å². The lowest BCUT2D eigenvalue weighted by atomic mass is 10.1. The fourth-order valence-corrected chi connectivity index (χ4v) is 4.01. The maximum Gasteiger partial charge on any atom is 0.269 e. The van der Waals surface area contributed by atoms with E-state index in [2.05, 4.69) is 5.32 Å². The van der Waals surface area contributed by atoms with Crippen molar-refractivity contribution in [2.75, 3.05) is 18.4 Å². The van der Waals surface area contributed by atoms with Crippen LogP contribution in [0, 0.1) is 10.1 Å². The molecule has 27 heavy (non-hydrogen) atoms. The number of non-ortho nitro benzene ring substituents is 1. The number of hydrogen-bond acceptors (Lipinski definition) is 5. The van der Waals surface area contributed by atoms with Crippen molar-refractivity contribution in [2.24, 2.45) is 0 Å². The summed E-state index contributed by atoms with van der Waals surface area (Å²) in [6, 6.07) is 11.7. The van der Waals surface area contributed by atoms with Gasteiger partial charge in [0, 0.05) is 30.9 Å². The van der Waals surface area contributed by atoms with Crippen molar-refractivity contribution in [3.8, 4) is 0 Å². The molecule has 144 valence electrons. The molecular formula is C18H21N3O5S. The first-order valence-electron chi connectivity index (χ1n) is 8.41. The Morgan fingerprint density at radius 3 is 2.07 bits per heavy atom. The van der Waals surface area contributed by atoms with E-state index < -0.39 is 14.9 Å². The van der Waals surface area contributed by atoms with Crippen LogP contribution in [-0.2, 0) is 21.2 Å². The smallest absolute Gasteiger partial charge is 0.269 e. The highest BCUT2D eigenvalue weighted by Crippen LogP contribution is 2.19. The topological polar surface area (TPSA) is 110 Å². The van der Waals surface area contributed by atoms with Crippen LogP contribution in [0.3, 0.4) is 0 Å². The van der Waals surface area contributed by atoms with Crippen LogP contribution in [0.4, 0.5) is 11.4 Å².